The van der Waals surface area contributed by atoms with Crippen molar-refractivity contribution in [3.05, 3.63) is 27.6 Å². The molecule has 1 fully saturated rings. The van der Waals surface area contributed by atoms with E-state index in [0.717, 1.165) is 13.1 Å². The van der Waals surface area contributed by atoms with Crippen LogP contribution in [-0.4, -0.2) is 58.1 Å². The minimum atomic E-state index is -0.245. The van der Waals surface area contributed by atoms with Crippen LogP contribution in [-0.2, 0) is 11.3 Å². The lowest BCUT2D eigenvalue weighted by atomic mass is 10.1. The van der Waals surface area contributed by atoms with Gasteiger partial charge in [0.15, 0.2) is 0 Å². The number of piperazine rings is 1. The predicted molar refractivity (Wildman–Crippen MR) is 78.3 cm³/mol. The quantitative estimate of drug-likeness (QED) is 0.730. The molecule has 0 spiro atoms. The van der Waals surface area contributed by atoms with E-state index in [2.05, 4.69) is 20.7 Å². The molecule has 9 heteroatoms. The van der Waals surface area contributed by atoms with E-state index in [9.17, 15) is 9.59 Å². The van der Waals surface area contributed by atoms with Crippen LogP contribution in [0, 0.1) is 0 Å². The lowest BCUT2D eigenvalue weighted by Crippen LogP contribution is -2.57. The summed E-state index contributed by atoms with van der Waals surface area (Å²) in [5, 5.41) is 9.81. The van der Waals surface area contributed by atoms with E-state index in [1.165, 1.54) is 21.9 Å². The second kappa shape index (κ2) is 5.88. The van der Waals surface area contributed by atoms with Gasteiger partial charge < -0.3 is 10.6 Å². The Bertz CT molecular complexity index is 711. The minimum Gasteiger partial charge on any atom is -0.358 e. The first-order valence-corrected chi connectivity index (χ1v) is 7.56. The number of nitrogens with one attached hydrogen (secondary N) is 2. The average molecular weight is 308 g/mol. The van der Waals surface area contributed by atoms with Gasteiger partial charge in [-0.15, -0.1) is 0 Å². The topological polar surface area (TPSA) is 91.6 Å². The SMILES string of the molecule is CNC(=O)C1CNCCN1Cc1cc(=O)n2ncsc2n1. The summed E-state index contributed by atoms with van der Waals surface area (Å²) >= 11 is 1.32. The number of hydrogen-bond acceptors (Lipinski definition) is 7. The van der Waals surface area contributed by atoms with Crippen molar-refractivity contribution in [1.29, 1.82) is 0 Å². The first-order chi connectivity index (χ1) is 10.2. The molecule has 1 aliphatic rings. The van der Waals surface area contributed by atoms with Gasteiger partial charge in [0.05, 0.1) is 5.69 Å². The molecule has 1 atom stereocenters. The van der Waals surface area contributed by atoms with E-state index < -0.39 is 0 Å². The van der Waals surface area contributed by atoms with Crippen LogP contribution in [0.15, 0.2) is 16.4 Å². The van der Waals surface area contributed by atoms with Crippen LogP contribution in [0.25, 0.3) is 4.96 Å². The Hall–Kier alpha value is -1.84. The van der Waals surface area contributed by atoms with Gasteiger partial charge in [-0.3, -0.25) is 14.5 Å². The van der Waals surface area contributed by atoms with Gasteiger partial charge in [-0.1, -0.05) is 11.3 Å². The van der Waals surface area contributed by atoms with Crippen LogP contribution in [0.3, 0.4) is 0 Å². The normalized spacial score (nSPS) is 19.8. The van der Waals surface area contributed by atoms with Crippen molar-refractivity contribution in [2.75, 3.05) is 26.7 Å². The molecule has 21 heavy (non-hydrogen) atoms. The van der Waals surface area contributed by atoms with Crippen LogP contribution < -0.4 is 16.2 Å². The fourth-order valence-corrected chi connectivity index (χ4v) is 3.09. The lowest BCUT2D eigenvalue weighted by molar-refractivity contribution is -0.126. The van der Waals surface area contributed by atoms with Gasteiger partial charge in [0.1, 0.15) is 11.6 Å². The third-order valence-electron chi connectivity index (χ3n) is 3.51. The molecule has 0 aliphatic carbocycles. The highest BCUT2D eigenvalue weighted by molar-refractivity contribution is 7.14. The summed E-state index contributed by atoms with van der Waals surface area (Å²) in [6.45, 7) is 2.63. The van der Waals surface area contributed by atoms with Gasteiger partial charge in [-0.25, -0.2) is 4.98 Å². The van der Waals surface area contributed by atoms with Gasteiger partial charge in [-0.05, 0) is 0 Å². The van der Waals surface area contributed by atoms with Gasteiger partial charge in [0.25, 0.3) is 5.56 Å². The molecule has 0 bridgehead atoms. The Morgan fingerprint density at radius 3 is 3.29 bits per heavy atom. The molecule has 3 heterocycles. The maximum atomic E-state index is 11.9. The molecule has 0 aromatic carbocycles. The number of fused-ring (bicyclic) bond motifs is 1. The highest BCUT2D eigenvalue weighted by Gasteiger charge is 2.28. The summed E-state index contributed by atoms with van der Waals surface area (Å²) in [4.78, 5) is 30.9. The number of nitrogens with zero attached hydrogens (tertiary/aromatic N) is 4. The van der Waals surface area contributed by atoms with Gasteiger partial charge in [0.2, 0.25) is 10.9 Å². The second-order valence-corrected chi connectivity index (χ2v) is 5.64. The zero-order chi connectivity index (χ0) is 14.8. The fourth-order valence-electron chi connectivity index (χ4n) is 2.45. The van der Waals surface area contributed by atoms with Crippen LogP contribution in [0.2, 0.25) is 0 Å². The molecule has 1 aliphatic heterocycles. The summed E-state index contributed by atoms with van der Waals surface area (Å²) in [6, 6.07) is 1.24. The Balaban J connectivity index is 1.85. The largest absolute Gasteiger partial charge is 0.358 e. The van der Waals surface area contributed by atoms with Crippen LogP contribution >= 0.6 is 11.3 Å². The molecule has 8 nitrogen and oxygen atoms in total. The van der Waals surface area contributed by atoms with Gasteiger partial charge in [-0.2, -0.15) is 9.61 Å². The Kier molecular flexibility index (Phi) is 3.95. The molecule has 2 aromatic rings. The number of rotatable bonds is 3. The van der Waals surface area contributed by atoms with Gasteiger partial charge in [0, 0.05) is 39.3 Å². The highest BCUT2D eigenvalue weighted by Crippen LogP contribution is 2.10. The number of hydrogen-bond donors (Lipinski definition) is 2. The molecule has 0 saturated carbocycles. The molecule has 1 saturated heterocycles. The smallest absolute Gasteiger partial charge is 0.275 e. The zero-order valence-electron chi connectivity index (χ0n) is 11.6. The molecule has 1 amide bonds. The van der Waals surface area contributed by atoms with Crippen molar-refractivity contribution in [3.8, 4) is 0 Å². The lowest BCUT2D eigenvalue weighted by Gasteiger charge is -2.34. The number of likely N-dealkylation sites (N-methyl/N-ethyl adjacent to an activating group) is 1. The molecule has 3 rings (SSSR count). The minimum absolute atomic E-state index is 0.0298. The van der Waals surface area contributed by atoms with Crippen molar-refractivity contribution in [3.63, 3.8) is 0 Å². The van der Waals surface area contributed by atoms with Crippen molar-refractivity contribution < 1.29 is 4.79 Å². The standard InChI is InChI=1S/C12H16N6O2S/c1-13-11(20)9-5-14-2-3-17(9)6-8-4-10(19)18-12(16-8)21-7-15-18/h4,7,9,14H,2-3,5-6H2,1H3,(H,13,20). The highest BCUT2D eigenvalue weighted by atomic mass is 32.1. The third kappa shape index (κ3) is 2.80. The molecule has 2 N–H and O–H groups in total. The van der Waals surface area contributed by atoms with Crippen LogP contribution in [0.1, 0.15) is 5.69 Å². The molecular formula is C12H16N6O2S. The summed E-state index contributed by atoms with van der Waals surface area (Å²) in [5.41, 5.74) is 2.06. The van der Waals surface area contributed by atoms with Gasteiger partial charge >= 0.3 is 0 Å². The van der Waals surface area contributed by atoms with Crippen LogP contribution in [0.5, 0.6) is 0 Å². The monoisotopic (exact) mass is 308 g/mol. The first-order valence-electron chi connectivity index (χ1n) is 6.68. The number of aromatic nitrogens is 3. The molecule has 1 unspecified atom stereocenters. The average Bonchev–Trinajstić information content (AvgIpc) is 2.96. The van der Waals surface area contributed by atoms with Crippen LogP contribution in [0.4, 0.5) is 0 Å². The number of carbonyl (C=O) groups is 1. The Labute approximate surface area is 124 Å². The van der Waals surface area contributed by atoms with Crippen molar-refractivity contribution in [2.24, 2.45) is 0 Å². The van der Waals surface area contributed by atoms with E-state index in [1.54, 1.807) is 12.6 Å². The fraction of sp³-hybridized carbons (Fsp3) is 0.500. The summed E-state index contributed by atoms with van der Waals surface area (Å²) in [5.74, 6) is -0.0298. The van der Waals surface area contributed by atoms with E-state index in [4.69, 9.17) is 0 Å². The first kappa shape index (κ1) is 14.1. The van der Waals surface area contributed by atoms with E-state index in [1.807, 2.05) is 4.90 Å². The molecule has 0 radical (unpaired) electrons. The van der Waals surface area contributed by atoms with E-state index in [-0.39, 0.29) is 17.5 Å². The number of amides is 1. The van der Waals surface area contributed by atoms with Crippen molar-refractivity contribution in [1.82, 2.24) is 30.1 Å². The molecule has 2 aromatic heterocycles. The zero-order valence-corrected chi connectivity index (χ0v) is 12.4. The summed E-state index contributed by atoms with van der Waals surface area (Å²) < 4.78 is 1.28. The maximum absolute atomic E-state index is 11.9. The van der Waals surface area contributed by atoms with Crippen molar-refractivity contribution in [2.45, 2.75) is 12.6 Å². The molecule has 112 valence electrons. The van der Waals surface area contributed by atoms with Crippen molar-refractivity contribution >= 4 is 22.2 Å². The number of carbonyl (C=O) groups excluding carboxylic acids is 1. The maximum Gasteiger partial charge on any atom is 0.275 e. The predicted octanol–water partition coefficient (Wildman–Crippen LogP) is -1.33. The summed E-state index contributed by atoms with van der Waals surface area (Å²) in [7, 11) is 1.63. The molecular weight excluding hydrogens is 292 g/mol. The Morgan fingerprint density at radius 2 is 2.48 bits per heavy atom. The van der Waals surface area contributed by atoms with E-state index >= 15 is 0 Å². The summed E-state index contributed by atoms with van der Waals surface area (Å²) in [6.07, 6.45) is 0. The third-order valence-corrected chi connectivity index (χ3v) is 4.18. The van der Waals surface area contributed by atoms with E-state index in [0.29, 0.717) is 23.7 Å². The second-order valence-electron chi connectivity index (χ2n) is 4.82. The Morgan fingerprint density at radius 1 is 1.62 bits per heavy atom.